The van der Waals surface area contributed by atoms with Gasteiger partial charge in [0.1, 0.15) is 5.75 Å². The van der Waals surface area contributed by atoms with E-state index in [1.54, 1.807) is 0 Å². The minimum absolute atomic E-state index is 0.205. The van der Waals surface area contributed by atoms with Crippen LogP contribution in [0.2, 0.25) is 0 Å². The third kappa shape index (κ3) is 2.09. The highest BCUT2D eigenvalue weighted by Gasteiger charge is 2.11. The average Bonchev–Trinajstić information content (AvgIpc) is 2.03. The highest BCUT2D eigenvalue weighted by Crippen LogP contribution is 2.17. The Labute approximate surface area is 74.6 Å². The Morgan fingerprint density at radius 3 is 2.75 bits per heavy atom. The number of hydrogen-bond donors (Lipinski definition) is 0. The first-order chi connectivity index (χ1) is 5.54. The molecule has 0 amide bonds. The molecule has 0 aromatic carbocycles. The normalized spacial score (nSPS) is 11.2. The second-order valence-corrected chi connectivity index (χ2v) is 4.48. The second kappa shape index (κ2) is 3.28. The zero-order valence-corrected chi connectivity index (χ0v) is 7.76. The van der Waals surface area contributed by atoms with Crippen molar-refractivity contribution in [1.82, 2.24) is 4.98 Å². The molecule has 0 saturated heterocycles. The molecule has 4 nitrogen and oxygen atoms in total. The molecule has 0 unspecified atom stereocenters. The monoisotopic (exact) mass is 207 g/mol. The lowest BCUT2D eigenvalue weighted by atomic mass is 10.5. The molecule has 0 spiro atoms. The van der Waals surface area contributed by atoms with E-state index in [1.165, 1.54) is 25.4 Å². The first-order valence-electron chi connectivity index (χ1n) is 2.99. The Balaban J connectivity index is 3.20. The maximum Gasteiger partial charge on any atom is 0.278 e. The van der Waals surface area contributed by atoms with Crippen LogP contribution in [0.15, 0.2) is 23.4 Å². The summed E-state index contributed by atoms with van der Waals surface area (Å²) < 4.78 is 26.3. The number of ether oxygens (including phenoxy) is 1. The van der Waals surface area contributed by atoms with Crippen molar-refractivity contribution in [3.8, 4) is 5.75 Å². The van der Waals surface area contributed by atoms with Gasteiger partial charge in [0, 0.05) is 22.9 Å². The van der Waals surface area contributed by atoms with Gasteiger partial charge in [-0.2, -0.15) is 0 Å². The van der Waals surface area contributed by atoms with Crippen LogP contribution >= 0.6 is 10.7 Å². The van der Waals surface area contributed by atoms with Gasteiger partial charge in [0.25, 0.3) is 9.05 Å². The fourth-order valence-corrected chi connectivity index (χ4v) is 1.35. The van der Waals surface area contributed by atoms with Gasteiger partial charge in [-0.3, -0.25) is 0 Å². The van der Waals surface area contributed by atoms with Crippen LogP contribution in [-0.4, -0.2) is 20.5 Å². The molecule has 0 atom stereocenters. The molecular weight excluding hydrogens is 202 g/mol. The molecule has 0 aliphatic rings. The zero-order valence-electron chi connectivity index (χ0n) is 6.19. The van der Waals surface area contributed by atoms with Gasteiger partial charge in [-0.25, -0.2) is 13.4 Å². The van der Waals surface area contributed by atoms with Gasteiger partial charge in [0.2, 0.25) is 0 Å². The van der Waals surface area contributed by atoms with Crippen LogP contribution in [-0.2, 0) is 9.05 Å². The summed E-state index contributed by atoms with van der Waals surface area (Å²) in [6, 6.07) is 2.79. The van der Waals surface area contributed by atoms with Crippen molar-refractivity contribution >= 4 is 19.7 Å². The minimum atomic E-state index is -3.75. The minimum Gasteiger partial charge on any atom is -0.497 e. The number of halogens is 1. The molecule has 0 saturated carbocycles. The van der Waals surface area contributed by atoms with Gasteiger partial charge >= 0.3 is 0 Å². The van der Waals surface area contributed by atoms with E-state index in [9.17, 15) is 8.42 Å². The molecule has 1 aromatic heterocycles. The van der Waals surface area contributed by atoms with Crippen molar-refractivity contribution in [2.24, 2.45) is 0 Å². The summed E-state index contributed by atoms with van der Waals surface area (Å²) in [6.45, 7) is 0. The van der Waals surface area contributed by atoms with Crippen molar-refractivity contribution in [2.45, 2.75) is 5.03 Å². The third-order valence-corrected chi connectivity index (χ3v) is 2.39. The SMILES string of the molecule is COc1ccnc(S(=O)(=O)Cl)c1. The average molecular weight is 208 g/mol. The molecule has 1 aromatic rings. The zero-order chi connectivity index (χ0) is 9.19. The first kappa shape index (κ1) is 9.28. The summed E-state index contributed by atoms with van der Waals surface area (Å²) in [5.41, 5.74) is 0. The highest BCUT2D eigenvalue weighted by atomic mass is 35.7. The number of nitrogens with zero attached hydrogens (tertiary/aromatic N) is 1. The molecular formula is C6H6ClNO3S. The predicted molar refractivity (Wildman–Crippen MR) is 43.8 cm³/mol. The quantitative estimate of drug-likeness (QED) is 0.680. The van der Waals surface area contributed by atoms with Crippen molar-refractivity contribution in [2.75, 3.05) is 7.11 Å². The number of aromatic nitrogens is 1. The lowest BCUT2D eigenvalue weighted by Crippen LogP contribution is -1.95. The summed E-state index contributed by atoms with van der Waals surface area (Å²) in [4.78, 5) is 3.56. The summed E-state index contributed by atoms with van der Waals surface area (Å²) in [7, 11) is 2.72. The summed E-state index contributed by atoms with van der Waals surface area (Å²) in [6.07, 6.45) is 1.31. The molecule has 66 valence electrons. The molecule has 0 bridgehead atoms. The van der Waals surface area contributed by atoms with E-state index in [1.807, 2.05) is 0 Å². The molecule has 0 fully saturated rings. The van der Waals surface area contributed by atoms with E-state index in [0.29, 0.717) is 5.75 Å². The third-order valence-electron chi connectivity index (χ3n) is 1.19. The van der Waals surface area contributed by atoms with Gasteiger partial charge in [-0.15, -0.1) is 0 Å². The van der Waals surface area contributed by atoms with Crippen LogP contribution in [0.4, 0.5) is 0 Å². The standard InChI is InChI=1S/C6H6ClNO3S/c1-11-5-2-3-8-6(4-5)12(7,9)10/h2-4H,1H3. The van der Waals surface area contributed by atoms with Crippen molar-refractivity contribution in [3.05, 3.63) is 18.3 Å². The largest absolute Gasteiger partial charge is 0.497 e. The van der Waals surface area contributed by atoms with E-state index < -0.39 is 9.05 Å². The molecule has 0 aliphatic carbocycles. The summed E-state index contributed by atoms with van der Waals surface area (Å²) in [5, 5.41) is -0.205. The number of methoxy groups -OCH3 is 1. The van der Waals surface area contributed by atoms with E-state index in [0.717, 1.165) is 0 Å². The summed E-state index contributed by atoms with van der Waals surface area (Å²) in [5.74, 6) is 0.407. The van der Waals surface area contributed by atoms with Crippen molar-refractivity contribution < 1.29 is 13.2 Å². The van der Waals surface area contributed by atoms with Crippen molar-refractivity contribution in [1.29, 1.82) is 0 Å². The lowest BCUT2D eigenvalue weighted by molar-refractivity contribution is 0.412. The smallest absolute Gasteiger partial charge is 0.278 e. The molecule has 0 N–H and O–H groups in total. The van der Waals surface area contributed by atoms with Gasteiger partial charge < -0.3 is 4.74 Å². The van der Waals surface area contributed by atoms with Crippen LogP contribution < -0.4 is 4.74 Å². The maximum absolute atomic E-state index is 10.7. The number of rotatable bonds is 2. The van der Waals surface area contributed by atoms with E-state index in [4.69, 9.17) is 15.4 Å². The van der Waals surface area contributed by atoms with Crippen LogP contribution in [0, 0.1) is 0 Å². The van der Waals surface area contributed by atoms with Crippen LogP contribution in [0.3, 0.4) is 0 Å². The van der Waals surface area contributed by atoms with Crippen LogP contribution in [0.25, 0.3) is 0 Å². The maximum atomic E-state index is 10.7. The molecule has 1 heterocycles. The van der Waals surface area contributed by atoms with E-state index in [-0.39, 0.29) is 5.03 Å². The number of hydrogen-bond acceptors (Lipinski definition) is 4. The topological polar surface area (TPSA) is 56.3 Å². The molecule has 1 rings (SSSR count). The summed E-state index contributed by atoms with van der Waals surface area (Å²) >= 11 is 0. The fourth-order valence-electron chi connectivity index (χ4n) is 0.652. The molecule has 6 heteroatoms. The second-order valence-electron chi connectivity index (χ2n) is 1.97. The Hall–Kier alpha value is -0.810. The van der Waals surface area contributed by atoms with E-state index in [2.05, 4.69) is 4.98 Å². The molecule has 0 aliphatic heterocycles. The number of pyridine rings is 1. The first-order valence-corrected chi connectivity index (χ1v) is 5.29. The Bertz CT molecular complexity index is 376. The van der Waals surface area contributed by atoms with Crippen molar-refractivity contribution in [3.63, 3.8) is 0 Å². The van der Waals surface area contributed by atoms with E-state index >= 15 is 0 Å². The van der Waals surface area contributed by atoms with Gasteiger partial charge in [0.15, 0.2) is 5.03 Å². The van der Waals surface area contributed by atoms with Gasteiger partial charge in [-0.1, -0.05) is 0 Å². The van der Waals surface area contributed by atoms with Gasteiger partial charge in [-0.05, 0) is 6.07 Å². The lowest BCUT2D eigenvalue weighted by Gasteiger charge is -1.99. The Morgan fingerprint density at radius 2 is 2.25 bits per heavy atom. The molecule has 0 radical (unpaired) electrons. The Kier molecular flexibility index (Phi) is 2.54. The molecule has 12 heavy (non-hydrogen) atoms. The van der Waals surface area contributed by atoms with Crippen LogP contribution in [0.1, 0.15) is 0 Å². The highest BCUT2D eigenvalue weighted by molar-refractivity contribution is 8.13. The van der Waals surface area contributed by atoms with Crippen LogP contribution in [0.5, 0.6) is 5.75 Å². The predicted octanol–water partition coefficient (Wildman–Crippen LogP) is 1.02. The Morgan fingerprint density at radius 1 is 1.58 bits per heavy atom. The van der Waals surface area contributed by atoms with Gasteiger partial charge in [0.05, 0.1) is 7.11 Å². The fraction of sp³-hybridized carbons (Fsp3) is 0.167.